The number of hydrogen-bond donors (Lipinski definition) is 3. The predicted octanol–water partition coefficient (Wildman–Crippen LogP) is 1.10. The van der Waals surface area contributed by atoms with Crippen molar-refractivity contribution in [2.24, 2.45) is 0 Å². The van der Waals surface area contributed by atoms with E-state index >= 15 is 0 Å². The summed E-state index contributed by atoms with van der Waals surface area (Å²) < 4.78 is 0. The van der Waals surface area contributed by atoms with Crippen LogP contribution in [0.5, 0.6) is 0 Å². The van der Waals surface area contributed by atoms with Crippen LogP contribution in [0.25, 0.3) is 0 Å². The van der Waals surface area contributed by atoms with Gasteiger partial charge in [-0.1, -0.05) is 19.3 Å². The molecule has 0 radical (unpaired) electrons. The van der Waals surface area contributed by atoms with Crippen LogP contribution >= 0.6 is 0 Å². The first-order valence-electron chi connectivity index (χ1n) is 7.25. The summed E-state index contributed by atoms with van der Waals surface area (Å²) in [5.41, 5.74) is -0.666. The lowest BCUT2D eigenvalue weighted by Crippen LogP contribution is -2.40. The van der Waals surface area contributed by atoms with Gasteiger partial charge in [0.15, 0.2) is 0 Å². The van der Waals surface area contributed by atoms with Gasteiger partial charge in [0.2, 0.25) is 11.8 Å². The van der Waals surface area contributed by atoms with Gasteiger partial charge in [0.05, 0.1) is 5.60 Å². The van der Waals surface area contributed by atoms with Gasteiger partial charge in [-0.2, -0.15) is 0 Å². The van der Waals surface area contributed by atoms with Crippen molar-refractivity contribution in [2.75, 3.05) is 13.1 Å². The zero-order chi connectivity index (χ0) is 14.1. The molecule has 5 heteroatoms. The van der Waals surface area contributed by atoms with Gasteiger partial charge in [-0.3, -0.25) is 9.59 Å². The molecule has 110 valence electrons. The number of rotatable bonds is 8. The smallest absolute Gasteiger partial charge is 0.220 e. The minimum absolute atomic E-state index is 0.0115. The van der Waals surface area contributed by atoms with Crippen molar-refractivity contribution in [3.05, 3.63) is 0 Å². The monoisotopic (exact) mass is 270 g/mol. The SMILES string of the molecule is CC(=O)NCCCCCC(=O)NCC1(O)CCCC1. The summed E-state index contributed by atoms with van der Waals surface area (Å²) in [5, 5.41) is 15.6. The third-order valence-electron chi connectivity index (χ3n) is 3.60. The summed E-state index contributed by atoms with van der Waals surface area (Å²) >= 11 is 0. The topological polar surface area (TPSA) is 78.4 Å². The Balaban J connectivity index is 1.97. The molecule has 0 unspecified atom stereocenters. The fourth-order valence-electron chi connectivity index (χ4n) is 2.41. The van der Waals surface area contributed by atoms with Crippen LogP contribution in [0.2, 0.25) is 0 Å². The fraction of sp³-hybridized carbons (Fsp3) is 0.857. The Morgan fingerprint density at radius 1 is 1.11 bits per heavy atom. The van der Waals surface area contributed by atoms with Gasteiger partial charge < -0.3 is 15.7 Å². The number of unbranched alkanes of at least 4 members (excludes halogenated alkanes) is 2. The summed E-state index contributed by atoms with van der Waals surface area (Å²) in [5.74, 6) is 0.00222. The summed E-state index contributed by atoms with van der Waals surface area (Å²) in [6.07, 6.45) is 6.84. The Labute approximate surface area is 115 Å². The van der Waals surface area contributed by atoms with Crippen molar-refractivity contribution in [1.29, 1.82) is 0 Å². The van der Waals surface area contributed by atoms with Crippen LogP contribution in [0.3, 0.4) is 0 Å². The molecule has 0 aromatic heterocycles. The highest BCUT2D eigenvalue weighted by Crippen LogP contribution is 2.28. The molecule has 0 aromatic rings. The van der Waals surface area contributed by atoms with E-state index in [0.717, 1.165) is 44.9 Å². The number of carbonyl (C=O) groups excluding carboxylic acids is 2. The second-order valence-electron chi connectivity index (χ2n) is 5.50. The van der Waals surface area contributed by atoms with Gasteiger partial charge in [-0.25, -0.2) is 0 Å². The van der Waals surface area contributed by atoms with Crippen LogP contribution in [-0.4, -0.2) is 35.6 Å². The molecule has 19 heavy (non-hydrogen) atoms. The fourth-order valence-corrected chi connectivity index (χ4v) is 2.41. The number of aliphatic hydroxyl groups is 1. The van der Waals surface area contributed by atoms with Crippen molar-refractivity contribution < 1.29 is 14.7 Å². The lowest BCUT2D eigenvalue weighted by molar-refractivity contribution is -0.122. The molecule has 1 fully saturated rings. The second kappa shape index (κ2) is 8.15. The summed E-state index contributed by atoms with van der Waals surface area (Å²) in [7, 11) is 0. The van der Waals surface area contributed by atoms with E-state index in [9.17, 15) is 14.7 Å². The molecule has 1 aliphatic carbocycles. The van der Waals surface area contributed by atoms with Gasteiger partial charge in [-0.15, -0.1) is 0 Å². The van der Waals surface area contributed by atoms with Gasteiger partial charge >= 0.3 is 0 Å². The molecule has 5 nitrogen and oxygen atoms in total. The molecule has 0 heterocycles. The second-order valence-corrected chi connectivity index (χ2v) is 5.50. The standard InChI is InChI=1S/C14H26N2O3/c1-12(17)15-10-6-2-3-7-13(18)16-11-14(19)8-4-5-9-14/h19H,2-11H2,1H3,(H,15,17)(H,16,18). The van der Waals surface area contributed by atoms with Gasteiger partial charge in [0.25, 0.3) is 0 Å². The summed E-state index contributed by atoms with van der Waals surface area (Å²) in [6, 6.07) is 0. The van der Waals surface area contributed by atoms with Crippen molar-refractivity contribution in [1.82, 2.24) is 10.6 Å². The number of hydrogen-bond acceptors (Lipinski definition) is 3. The summed E-state index contributed by atoms with van der Waals surface area (Å²) in [4.78, 5) is 22.2. The Morgan fingerprint density at radius 3 is 2.42 bits per heavy atom. The van der Waals surface area contributed by atoms with Crippen molar-refractivity contribution >= 4 is 11.8 Å². The molecule has 0 atom stereocenters. The van der Waals surface area contributed by atoms with E-state index in [1.54, 1.807) is 0 Å². The lowest BCUT2D eigenvalue weighted by atomic mass is 10.0. The minimum Gasteiger partial charge on any atom is -0.388 e. The molecule has 1 aliphatic rings. The van der Waals surface area contributed by atoms with E-state index in [1.165, 1.54) is 6.92 Å². The molecule has 0 aromatic carbocycles. The highest BCUT2D eigenvalue weighted by molar-refractivity contribution is 5.75. The van der Waals surface area contributed by atoms with Crippen molar-refractivity contribution in [3.8, 4) is 0 Å². The third kappa shape index (κ3) is 7.15. The minimum atomic E-state index is -0.666. The Morgan fingerprint density at radius 2 is 1.79 bits per heavy atom. The van der Waals surface area contributed by atoms with E-state index in [4.69, 9.17) is 0 Å². The van der Waals surface area contributed by atoms with Crippen LogP contribution in [0.1, 0.15) is 58.3 Å². The first kappa shape index (κ1) is 16.0. The average molecular weight is 270 g/mol. The molecule has 1 saturated carbocycles. The highest BCUT2D eigenvalue weighted by Gasteiger charge is 2.31. The summed E-state index contributed by atoms with van der Waals surface area (Å²) in [6.45, 7) is 2.57. The molecule has 0 saturated heterocycles. The van der Waals surface area contributed by atoms with E-state index in [0.29, 0.717) is 19.5 Å². The molecule has 3 N–H and O–H groups in total. The van der Waals surface area contributed by atoms with E-state index in [-0.39, 0.29) is 11.8 Å². The van der Waals surface area contributed by atoms with Gasteiger partial charge in [0, 0.05) is 26.4 Å². The van der Waals surface area contributed by atoms with Crippen LogP contribution in [0.15, 0.2) is 0 Å². The highest BCUT2D eigenvalue weighted by atomic mass is 16.3. The van der Waals surface area contributed by atoms with E-state index in [2.05, 4.69) is 10.6 Å². The molecular weight excluding hydrogens is 244 g/mol. The lowest BCUT2D eigenvalue weighted by Gasteiger charge is -2.22. The first-order valence-corrected chi connectivity index (χ1v) is 7.25. The quantitative estimate of drug-likeness (QED) is 0.578. The maximum absolute atomic E-state index is 11.6. The predicted molar refractivity (Wildman–Crippen MR) is 73.6 cm³/mol. The Hall–Kier alpha value is -1.10. The Kier molecular flexibility index (Phi) is 6.84. The van der Waals surface area contributed by atoms with Crippen LogP contribution < -0.4 is 10.6 Å². The zero-order valence-electron chi connectivity index (χ0n) is 11.8. The molecule has 2 amide bonds. The number of amides is 2. The third-order valence-corrected chi connectivity index (χ3v) is 3.60. The van der Waals surface area contributed by atoms with Gasteiger partial charge in [-0.05, 0) is 25.7 Å². The number of carbonyl (C=O) groups is 2. The normalized spacial score (nSPS) is 17.2. The molecule has 0 aliphatic heterocycles. The van der Waals surface area contributed by atoms with E-state index < -0.39 is 5.60 Å². The Bertz CT molecular complexity index is 299. The average Bonchev–Trinajstić information content (AvgIpc) is 2.78. The van der Waals surface area contributed by atoms with Gasteiger partial charge in [0.1, 0.15) is 0 Å². The van der Waals surface area contributed by atoms with Crippen LogP contribution in [0.4, 0.5) is 0 Å². The number of nitrogens with one attached hydrogen (secondary N) is 2. The molecular formula is C14H26N2O3. The first-order chi connectivity index (χ1) is 9.02. The zero-order valence-corrected chi connectivity index (χ0v) is 11.8. The van der Waals surface area contributed by atoms with E-state index in [1.807, 2.05) is 0 Å². The molecule has 0 bridgehead atoms. The largest absolute Gasteiger partial charge is 0.388 e. The maximum atomic E-state index is 11.6. The maximum Gasteiger partial charge on any atom is 0.220 e. The molecule has 1 rings (SSSR count). The van der Waals surface area contributed by atoms with Crippen LogP contribution in [0, 0.1) is 0 Å². The van der Waals surface area contributed by atoms with Crippen molar-refractivity contribution in [2.45, 2.75) is 63.9 Å². The van der Waals surface area contributed by atoms with Crippen molar-refractivity contribution in [3.63, 3.8) is 0 Å². The van der Waals surface area contributed by atoms with Crippen LogP contribution in [-0.2, 0) is 9.59 Å². The molecule has 0 spiro atoms.